The molecule has 2 atom stereocenters. The molecule has 8 nitrogen and oxygen atoms in total. The Morgan fingerprint density at radius 2 is 1.82 bits per heavy atom. The highest BCUT2D eigenvalue weighted by Crippen LogP contribution is 2.23. The van der Waals surface area contributed by atoms with Crippen LogP contribution in [-0.4, -0.2) is 45.0 Å². The molecule has 2 unspecified atom stereocenters. The maximum Gasteiger partial charge on any atom is 0.407 e. The molecule has 146 valence electrons. The third-order valence-electron chi connectivity index (χ3n) is 4.25. The van der Waals surface area contributed by atoms with Gasteiger partial charge in [0.2, 0.25) is 0 Å². The SMILES string of the molecule is O=C(NCC(O)C(O)c1ccc2[nH]c(C(=O)O)cc2c1)OCc1ccccc1. The summed E-state index contributed by atoms with van der Waals surface area (Å²) < 4.78 is 5.04. The number of aliphatic hydroxyl groups is 2. The number of hydrogen-bond donors (Lipinski definition) is 5. The van der Waals surface area contributed by atoms with Crippen molar-refractivity contribution in [2.75, 3.05) is 6.54 Å². The number of ether oxygens (including phenoxy) is 1. The number of carboxylic acid groups (broad SMARTS) is 1. The fraction of sp³-hybridized carbons (Fsp3) is 0.200. The molecule has 3 aromatic rings. The number of benzene rings is 2. The van der Waals surface area contributed by atoms with Gasteiger partial charge >= 0.3 is 12.1 Å². The van der Waals surface area contributed by atoms with Gasteiger partial charge in [-0.1, -0.05) is 36.4 Å². The van der Waals surface area contributed by atoms with Gasteiger partial charge in [0.05, 0.1) is 0 Å². The number of fused-ring (bicyclic) bond motifs is 1. The summed E-state index contributed by atoms with van der Waals surface area (Å²) >= 11 is 0. The average molecular weight is 384 g/mol. The molecule has 3 rings (SSSR count). The van der Waals surface area contributed by atoms with E-state index in [4.69, 9.17) is 9.84 Å². The molecule has 0 aliphatic carbocycles. The zero-order valence-electron chi connectivity index (χ0n) is 14.8. The number of hydrogen-bond acceptors (Lipinski definition) is 5. The van der Waals surface area contributed by atoms with Crippen molar-refractivity contribution >= 4 is 23.0 Å². The third-order valence-corrected chi connectivity index (χ3v) is 4.25. The molecule has 0 bridgehead atoms. The number of aliphatic hydroxyl groups excluding tert-OH is 2. The molecule has 5 N–H and O–H groups in total. The second-order valence-electron chi connectivity index (χ2n) is 6.29. The Bertz CT molecular complexity index is 969. The van der Waals surface area contributed by atoms with Crippen molar-refractivity contribution in [3.05, 3.63) is 71.4 Å². The topological polar surface area (TPSA) is 132 Å². The van der Waals surface area contributed by atoms with E-state index in [2.05, 4.69) is 10.3 Å². The van der Waals surface area contributed by atoms with E-state index < -0.39 is 24.3 Å². The van der Waals surface area contributed by atoms with E-state index in [9.17, 15) is 19.8 Å². The summed E-state index contributed by atoms with van der Waals surface area (Å²) in [6, 6.07) is 15.4. The number of H-pyrrole nitrogens is 1. The lowest BCUT2D eigenvalue weighted by atomic mass is 10.0. The van der Waals surface area contributed by atoms with Crippen LogP contribution in [0.2, 0.25) is 0 Å². The van der Waals surface area contributed by atoms with Crippen LogP contribution in [0.4, 0.5) is 4.79 Å². The van der Waals surface area contributed by atoms with Crippen molar-refractivity contribution < 1.29 is 29.6 Å². The van der Waals surface area contributed by atoms with Crippen LogP contribution in [0.3, 0.4) is 0 Å². The van der Waals surface area contributed by atoms with Gasteiger partial charge in [-0.3, -0.25) is 0 Å². The summed E-state index contributed by atoms with van der Waals surface area (Å²) in [5.74, 6) is -1.09. The van der Waals surface area contributed by atoms with Crippen molar-refractivity contribution in [1.29, 1.82) is 0 Å². The van der Waals surface area contributed by atoms with Crippen molar-refractivity contribution in [3.63, 3.8) is 0 Å². The summed E-state index contributed by atoms with van der Waals surface area (Å²) in [7, 11) is 0. The van der Waals surface area contributed by atoms with Crippen LogP contribution in [0, 0.1) is 0 Å². The summed E-state index contributed by atoms with van der Waals surface area (Å²) in [6.07, 6.45) is -3.23. The van der Waals surface area contributed by atoms with Crippen molar-refractivity contribution in [2.24, 2.45) is 0 Å². The highest BCUT2D eigenvalue weighted by Gasteiger charge is 2.20. The molecule has 1 heterocycles. The van der Waals surface area contributed by atoms with Gasteiger partial charge < -0.3 is 30.4 Å². The Morgan fingerprint density at radius 1 is 1.07 bits per heavy atom. The van der Waals surface area contributed by atoms with Gasteiger partial charge in [0.15, 0.2) is 0 Å². The van der Waals surface area contributed by atoms with E-state index in [0.717, 1.165) is 5.56 Å². The van der Waals surface area contributed by atoms with Crippen LogP contribution in [0.15, 0.2) is 54.6 Å². The number of carboxylic acids is 1. The average Bonchev–Trinajstić information content (AvgIpc) is 3.14. The van der Waals surface area contributed by atoms with Gasteiger partial charge in [0.1, 0.15) is 24.5 Å². The number of rotatable bonds is 7. The number of amides is 1. The summed E-state index contributed by atoms with van der Waals surface area (Å²) in [5.41, 5.74) is 1.87. The van der Waals surface area contributed by atoms with Gasteiger partial charge in [-0.2, -0.15) is 0 Å². The molecule has 0 aliphatic rings. The molecule has 0 radical (unpaired) electrons. The first-order chi connectivity index (χ1) is 13.4. The molecule has 28 heavy (non-hydrogen) atoms. The Kier molecular flexibility index (Phi) is 5.93. The number of carbonyl (C=O) groups is 2. The maximum atomic E-state index is 11.7. The predicted molar refractivity (Wildman–Crippen MR) is 101 cm³/mol. The normalized spacial score (nSPS) is 13.1. The maximum absolute atomic E-state index is 11.7. The number of carbonyl (C=O) groups excluding carboxylic acids is 1. The van der Waals surface area contributed by atoms with E-state index in [1.165, 1.54) is 6.07 Å². The second-order valence-corrected chi connectivity index (χ2v) is 6.29. The third kappa shape index (κ3) is 4.67. The predicted octanol–water partition coefficient (Wildman–Crippen LogP) is 2.19. The van der Waals surface area contributed by atoms with Crippen LogP contribution in [0.5, 0.6) is 0 Å². The smallest absolute Gasteiger partial charge is 0.407 e. The largest absolute Gasteiger partial charge is 0.477 e. The molecule has 1 aromatic heterocycles. The fourth-order valence-electron chi connectivity index (χ4n) is 2.75. The molecule has 0 saturated carbocycles. The zero-order chi connectivity index (χ0) is 20.1. The van der Waals surface area contributed by atoms with Crippen molar-refractivity contribution in [2.45, 2.75) is 18.8 Å². The molecule has 0 fully saturated rings. The van der Waals surface area contributed by atoms with Crippen LogP contribution < -0.4 is 5.32 Å². The van der Waals surface area contributed by atoms with Gasteiger partial charge in [-0.25, -0.2) is 9.59 Å². The van der Waals surface area contributed by atoms with Crippen molar-refractivity contribution in [1.82, 2.24) is 10.3 Å². The highest BCUT2D eigenvalue weighted by molar-refractivity contribution is 5.93. The minimum Gasteiger partial charge on any atom is -0.477 e. The van der Waals surface area contributed by atoms with E-state index in [-0.39, 0.29) is 18.8 Å². The molecule has 0 aliphatic heterocycles. The molecule has 8 heteroatoms. The number of aromatic carboxylic acids is 1. The molecular weight excluding hydrogens is 364 g/mol. The fourth-order valence-corrected chi connectivity index (χ4v) is 2.75. The Hall–Kier alpha value is -3.36. The zero-order valence-corrected chi connectivity index (χ0v) is 14.8. The molecule has 0 spiro atoms. The van der Waals surface area contributed by atoms with Crippen LogP contribution >= 0.6 is 0 Å². The minimum absolute atomic E-state index is 0.0324. The van der Waals surface area contributed by atoms with Gasteiger partial charge in [0, 0.05) is 17.4 Å². The lowest BCUT2D eigenvalue weighted by molar-refractivity contribution is 0.0185. The standard InChI is InChI=1S/C20H20N2O6/c23-17(10-21-20(27)28-11-12-4-2-1-3-5-12)18(24)13-6-7-15-14(8-13)9-16(22-15)19(25)26/h1-9,17-18,22-24H,10-11H2,(H,21,27)(H,25,26). The molecule has 2 aromatic carbocycles. The first-order valence-electron chi connectivity index (χ1n) is 8.60. The Labute approximate surface area is 160 Å². The minimum atomic E-state index is -1.26. The Balaban J connectivity index is 1.55. The molecular formula is C20H20N2O6. The van der Waals surface area contributed by atoms with Gasteiger partial charge in [-0.05, 0) is 29.3 Å². The molecule has 1 amide bonds. The van der Waals surface area contributed by atoms with E-state index in [1.807, 2.05) is 30.3 Å². The summed E-state index contributed by atoms with van der Waals surface area (Å²) in [5, 5.41) is 32.5. The molecule has 0 saturated heterocycles. The van der Waals surface area contributed by atoms with Crippen LogP contribution in [-0.2, 0) is 11.3 Å². The monoisotopic (exact) mass is 384 g/mol. The second kappa shape index (κ2) is 8.55. The van der Waals surface area contributed by atoms with E-state index in [1.54, 1.807) is 18.2 Å². The van der Waals surface area contributed by atoms with Crippen LogP contribution in [0.1, 0.15) is 27.7 Å². The lowest BCUT2D eigenvalue weighted by Gasteiger charge is -2.18. The van der Waals surface area contributed by atoms with Gasteiger partial charge in [0.25, 0.3) is 0 Å². The van der Waals surface area contributed by atoms with E-state index >= 15 is 0 Å². The van der Waals surface area contributed by atoms with Crippen LogP contribution in [0.25, 0.3) is 10.9 Å². The first kappa shape index (κ1) is 19.4. The Morgan fingerprint density at radius 3 is 2.54 bits per heavy atom. The number of nitrogens with one attached hydrogen (secondary N) is 2. The number of alkyl carbamates (subject to hydrolysis) is 1. The summed E-state index contributed by atoms with van der Waals surface area (Å²) in [4.78, 5) is 25.5. The lowest BCUT2D eigenvalue weighted by Crippen LogP contribution is -2.35. The number of aromatic nitrogens is 1. The van der Waals surface area contributed by atoms with Crippen molar-refractivity contribution in [3.8, 4) is 0 Å². The summed E-state index contributed by atoms with van der Waals surface area (Å²) in [6.45, 7) is -0.109. The van der Waals surface area contributed by atoms with E-state index in [0.29, 0.717) is 16.5 Å². The highest BCUT2D eigenvalue weighted by atomic mass is 16.5. The quantitative estimate of drug-likeness (QED) is 0.424. The number of aromatic amines is 1. The first-order valence-corrected chi connectivity index (χ1v) is 8.60. The van der Waals surface area contributed by atoms with Gasteiger partial charge in [-0.15, -0.1) is 0 Å².